The predicted octanol–water partition coefficient (Wildman–Crippen LogP) is 3.52. The highest BCUT2D eigenvalue weighted by molar-refractivity contribution is 5.10. The van der Waals surface area contributed by atoms with Gasteiger partial charge in [0.25, 0.3) is 0 Å². The third-order valence-electron chi connectivity index (χ3n) is 4.20. The minimum Gasteiger partial charge on any atom is -0.379 e. The molecular formula is C18H31N3O. The summed E-state index contributed by atoms with van der Waals surface area (Å²) in [5.41, 5.74) is 2.26. The first-order valence-corrected chi connectivity index (χ1v) is 8.91. The summed E-state index contributed by atoms with van der Waals surface area (Å²) in [5, 5.41) is 0. The monoisotopic (exact) mass is 305 g/mol. The van der Waals surface area contributed by atoms with Crippen LogP contribution in [0.25, 0.3) is 0 Å². The Bertz CT molecular complexity index is 430. The third kappa shape index (κ3) is 6.41. The summed E-state index contributed by atoms with van der Waals surface area (Å²) in [6, 6.07) is 2.13. The molecule has 4 nitrogen and oxygen atoms in total. The van der Waals surface area contributed by atoms with Crippen molar-refractivity contribution in [2.45, 2.75) is 65.3 Å². The summed E-state index contributed by atoms with van der Waals surface area (Å²) >= 11 is 0. The van der Waals surface area contributed by atoms with E-state index in [4.69, 9.17) is 9.72 Å². The third-order valence-corrected chi connectivity index (χ3v) is 4.20. The van der Waals surface area contributed by atoms with Crippen LogP contribution in [-0.4, -0.2) is 41.2 Å². The summed E-state index contributed by atoms with van der Waals surface area (Å²) in [7, 11) is 0. The van der Waals surface area contributed by atoms with Crippen LogP contribution in [0.2, 0.25) is 0 Å². The molecule has 0 saturated carbocycles. The van der Waals surface area contributed by atoms with Crippen LogP contribution in [-0.2, 0) is 17.7 Å². The lowest BCUT2D eigenvalue weighted by atomic mass is 10.1. The van der Waals surface area contributed by atoms with Gasteiger partial charge in [-0.1, -0.05) is 39.0 Å². The first kappa shape index (κ1) is 17.4. The van der Waals surface area contributed by atoms with Crippen molar-refractivity contribution in [3.8, 4) is 0 Å². The van der Waals surface area contributed by atoms with Crippen molar-refractivity contribution in [3.05, 3.63) is 23.3 Å². The van der Waals surface area contributed by atoms with Gasteiger partial charge in [-0.15, -0.1) is 0 Å². The van der Waals surface area contributed by atoms with Crippen molar-refractivity contribution >= 4 is 0 Å². The molecule has 0 aromatic carbocycles. The van der Waals surface area contributed by atoms with E-state index in [9.17, 15) is 0 Å². The van der Waals surface area contributed by atoms with E-state index in [0.717, 1.165) is 56.5 Å². The smallest absolute Gasteiger partial charge is 0.128 e. The number of aryl methyl sites for hydroxylation is 2. The topological polar surface area (TPSA) is 38.2 Å². The van der Waals surface area contributed by atoms with Gasteiger partial charge in [0.15, 0.2) is 0 Å². The molecular weight excluding hydrogens is 274 g/mol. The molecule has 2 rings (SSSR count). The van der Waals surface area contributed by atoms with E-state index in [0.29, 0.717) is 0 Å². The molecule has 0 amide bonds. The highest BCUT2D eigenvalue weighted by atomic mass is 16.5. The van der Waals surface area contributed by atoms with Crippen molar-refractivity contribution in [2.24, 2.45) is 0 Å². The molecule has 0 spiro atoms. The highest BCUT2D eigenvalue weighted by Crippen LogP contribution is 2.11. The van der Waals surface area contributed by atoms with Crippen LogP contribution in [0.4, 0.5) is 0 Å². The van der Waals surface area contributed by atoms with Crippen LogP contribution in [0.1, 0.15) is 62.7 Å². The predicted molar refractivity (Wildman–Crippen MR) is 89.9 cm³/mol. The van der Waals surface area contributed by atoms with Crippen LogP contribution < -0.4 is 0 Å². The van der Waals surface area contributed by atoms with Gasteiger partial charge in [0.05, 0.1) is 18.9 Å². The molecule has 1 aromatic heterocycles. The van der Waals surface area contributed by atoms with Gasteiger partial charge in [-0.3, -0.25) is 4.90 Å². The summed E-state index contributed by atoms with van der Waals surface area (Å²) in [5.74, 6) is 1.03. The Labute approximate surface area is 135 Å². The van der Waals surface area contributed by atoms with Crippen molar-refractivity contribution in [1.29, 1.82) is 0 Å². The average molecular weight is 305 g/mol. The Morgan fingerprint density at radius 1 is 1.05 bits per heavy atom. The molecule has 1 aromatic rings. The number of aromatic nitrogens is 2. The summed E-state index contributed by atoms with van der Waals surface area (Å²) in [6.07, 6.45) is 8.93. The first-order chi connectivity index (χ1) is 10.8. The molecule has 124 valence electrons. The molecule has 0 unspecified atom stereocenters. The van der Waals surface area contributed by atoms with Gasteiger partial charge in [-0.25, -0.2) is 9.97 Å². The number of unbranched alkanes of at least 4 members (excludes halogenated alkanes) is 5. The van der Waals surface area contributed by atoms with Crippen LogP contribution in [0.3, 0.4) is 0 Å². The Morgan fingerprint density at radius 3 is 2.55 bits per heavy atom. The normalized spacial score (nSPS) is 16.1. The van der Waals surface area contributed by atoms with Gasteiger partial charge >= 0.3 is 0 Å². The summed E-state index contributed by atoms with van der Waals surface area (Å²) < 4.78 is 5.40. The van der Waals surface area contributed by atoms with Crippen LogP contribution >= 0.6 is 0 Å². The Balaban J connectivity index is 1.78. The first-order valence-electron chi connectivity index (χ1n) is 8.91. The fraction of sp³-hybridized carbons (Fsp3) is 0.778. The fourth-order valence-electron chi connectivity index (χ4n) is 2.94. The lowest BCUT2D eigenvalue weighted by Crippen LogP contribution is -2.36. The van der Waals surface area contributed by atoms with Crippen LogP contribution in [0, 0.1) is 6.92 Å². The van der Waals surface area contributed by atoms with E-state index in [-0.39, 0.29) is 0 Å². The second kappa shape index (κ2) is 9.90. The average Bonchev–Trinajstić information content (AvgIpc) is 2.51. The van der Waals surface area contributed by atoms with Crippen LogP contribution in [0.5, 0.6) is 0 Å². The number of rotatable bonds is 9. The fourth-order valence-corrected chi connectivity index (χ4v) is 2.94. The molecule has 0 radical (unpaired) electrons. The maximum atomic E-state index is 5.40. The van der Waals surface area contributed by atoms with Gasteiger partial charge < -0.3 is 4.74 Å². The quantitative estimate of drug-likeness (QED) is 0.654. The molecule has 2 heterocycles. The molecule has 1 aliphatic heterocycles. The molecule has 22 heavy (non-hydrogen) atoms. The number of ether oxygens (including phenoxy) is 1. The van der Waals surface area contributed by atoms with Gasteiger partial charge in [-0.05, 0) is 19.4 Å². The van der Waals surface area contributed by atoms with E-state index >= 15 is 0 Å². The van der Waals surface area contributed by atoms with Crippen molar-refractivity contribution in [1.82, 2.24) is 14.9 Å². The Hall–Kier alpha value is -1.00. The standard InChI is InChI=1S/C18H31N3O/c1-3-4-5-6-7-8-9-18-19-16(2)14-17(20-18)15-21-10-12-22-13-11-21/h14H,3-13,15H2,1-2H3. The van der Waals surface area contributed by atoms with Crippen LogP contribution in [0.15, 0.2) is 6.07 Å². The molecule has 1 saturated heterocycles. The molecule has 0 N–H and O–H groups in total. The zero-order chi connectivity index (χ0) is 15.6. The molecule has 4 heteroatoms. The maximum absolute atomic E-state index is 5.40. The summed E-state index contributed by atoms with van der Waals surface area (Å²) in [4.78, 5) is 11.8. The van der Waals surface area contributed by atoms with Crippen molar-refractivity contribution in [3.63, 3.8) is 0 Å². The molecule has 1 aliphatic rings. The Kier molecular flexibility index (Phi) is 7.81. The van der Waals surface area contributed by atoms with E-state index < -0.39 is 0 Å². The van der Waals surface area contributed by atoms with E-state index in [2.05, 4.69) is 29.8 Å². The minimum absolute atomic E-state index is 0.842. The number of morpholine rings is 1. The number of hydrogen-bond acceptors (Lipinski definition) is 4. The molecule has 0 atom stereocenters. The highest BCUT2D eigenvalue weighted by Gasteiger charge is 2.12. The number of hydrogen-bond donors (Lipinski definition) is 0. The van der Waals surface area contributed by atoms with Gasteiger partial charge in [0.2, 0.25) is 0 Å². The van der Waals surface area contributed by atoms with Crippen molar-refractivity contribution in [2.75, 3.05) is 26.3 Å². The lowest BCUT2D eigenvalue weighted by Gasteiger charge is -2.26. The second-order valence-corrected chi connectivity index (χ2v) is 6.32. The second-order valence-electron chi connectivity index (χ2n) is 6.32. The molecule has 0 aliphatic carbocycles. The minimum atomic E-state index is 0.842. The SMILES string of the molecule is CCCCCCCCc1nc(C)cc(CN2CCOCC2)n1. The lowest BCUT2D eigenvalue weighted by molar-refractivity contribution is 0.0336. The maximum Gasteiger partial charge on any atom is 0.128 e. The van der Waals surface area contributed by atoms with Gasteiger partial charge in [-0.2, -0.15) is 0 Å². The zero-order valence-corrected chi connectivity index (χ0v) is 14.3. The molecule has 0 bridgehead atoms. The van der Waals surface area contributed by atoms with E-state index in [1.807, 2.05) is 0 Å². The molecule has 1 fully saturated rings. The van der Waals surface area contributed by atoms with E-state index in [1.54, 1.807) is 0 Å². The largest absolute Gasteiger partial charge is 0.379 e. The van der Waals surface area contributed by atoms with Crippen molar-refractivity contribution < 1.29 is 4.74 Å². The van der Waals surface area contributed by atoms with Gasteiger partial charge in [0, 0.05) is 31.7 Å². The van der Waals surface area contributed by atoms with Gasteiger partial charge in [0.1, 0.15) is 5.82 Å². The summed E-state index contributed by atoms with van der Waals surface area (Å²) in [6.45, 7) is 8.97. The zero-order valence-electron chi connectivity index (χ0n) is 14.3. The Morgan fingerprint density at radius 2 is 1.77 bits per heavy atom. The van der Waals surface area contributed by atoms with E-state index in [1.165, 1.54) is 38.5 Å². The number of nitrogens with zero attached hydrogens (tertiary/aromatic N) is 3.